The molecule has 7 heteroatoms. The molecule has 1 heterocycles. The van der Waals surface area contributed by atoms with Crippen molar-refractivity contribution in [1.82, 2.24) is 0 Å². The average Bonchev–Trinajstić information content (AvgIpc) is 2.28. The van der Waals surface area contributed by atoms with Gasteiger partial charge in [0.2, 0.25) is 0 Å². The first kappa shape index (κ1) is 13.7. The lowest BCUT2D eigenvalue weighted by molar-refractivity contribution is -0.222. The number of hydrogen-bond acceptors (Lipinski definition) is 7. The summed E-state index contributed by atoms with van der Waals surface area (Å²) >= 11 is 0. The number of carbonyl (C=O) groups is 2. The molecule has 0 bridgehead atoms. The van der Waals surface area contributed by atoms with Gasteiger partial charge >= 0.3 is 11.9 Å². The molecule has 0 spiro atoms. The van der Waals surface area contributed by atoms with Crippen molar-refractivity contribution >= 4 is 17.6 Å². The molecule has 1 aliphatic rings. The minimum absolute atomic E-state index is 0.112. The van der Waals surface area contributed by atoms with Crippen LogP contribution in [0, 0.1) is 0 Å². The van der Waals surface area contributed by atoms with E-state index in [4.69, 9.17) is 14.6 Å². The van der Waals surface area contributed by atoms with E-state index < -0.39 is 17.7 Å². The number of nitrogens with one attached hydrogen (secondary N) is 1. The molecule has 1 aromatic rings. The Morgan fingerprint density at radius 3 is 2.30 bits per heavy atom. The Kier molecular flexibility index (Phi) is 3.27. The Morgan fingerprint density at radius 2 is 1.75 bits per heavy atom. The highest BCUT2D eigenvalue weighted by atomic mass is 16.7. The summed E-state index contributed by atoms with van der Waals surface area (Å²) < 4.78 is 9.80. The van der Waals surface area contributed by atoms with E-state index in [1.165, 1.54) is 26.0 Å². The van der Waals surface area contributed by atoms with E-state index in [0.29, 0.717) is 0 Å². The molecule has 1 aromatic carbocycles. The van der Waals surface area contributed by atoms with Crippen LogP contribution in [0.15, 0.2) is 30.0 Å². The predicted octanol–water partition coefficient (Wildman–Crippen LogP) is 1.23. The van der Waals surface area contributed by atoms with Gasteiger partial charge in [-0.2, -0.15) is 0 Å². The van der Waals surface area contributed by atoms with Crippen molar-refractivity contribution in [3.63, 3.8) is 0 Å². The summed E-state index contributed by atoms with van der Waals surface area (Å²) in [5, 5.41) is 21.3. The van der Waals surface area contributed by atoms with Crippen molar-refractivity contribution in [2.45, 2.75) is 19.6 Å². The van der Waals surface area contributed by atoms with E-state index >= 15 is 0 Å². The van der Waals surface area contributed by atoms with Crippen LogP contribution in [0.2, 0.25) is 0 Å². The molecule has 1 saturated heterocycles. The van der Waals surface area contributed by atoms with Gasteiger partial charge in [0.25, 0.3) is 5.79 Å². The number of phenols is 2. The molecule has 0 atom stereocenters. The zero-order valence-corrected chi connectivity index (χ0v) is 10.8. The standard InChI is InChI=1S/C13H13NO6/c1-13(2)19-11(17)8(12(18)20-13)6-14-9-4-3-7(15)5-10(9)16/h3-6,14-16H,1-2H3. The van der Waals surface area contributed by atoms with Crippen LogP contribution >= 0.6 is 0 Å². The van der Waals surface area contributed by atoms with Crippen molar-refractivity contribution in [1.29, 1.82) is 0 Å². The van der Waals surface area contributed by atoms with Gasteiger partial charge in [-0.15, -0.1) is 0 Å². The molecular formula is C13H13NO6. The summed E-state index contributed by atoms with van der Waals surface area (Å²) in [5.74, 6) is -3.29. The molecule has 0 aromatic heterocycles. The molecule has 0 unspecified atom stereocenters. The summed E-state index contributed by atoms with van der Waals surface area (Å²) in [6.45, 7) is 2.89. The summed E-state index contributed by atoms with van der Waals surface area (Å²) in [6.07, 6.45) is 1.08. The lowest BCUT2D eigenvalue weighted by atomic mass is 10.2. The Hall–Kier alpha value is -2.70. The van der Waals surface area contributed by atoms with Crippen molar-refractivity contribution in [2.24, 2.45) is 0 Å². The van der Waals surface area contributed by atoms with E-state index in [0.717, 1.165) is 12.3 Å². The summed E-state index contributed by atoms with van der Waals surface area (Å²) in [5.41, 5.74) is -0.113. The van der Waals surface area contributed by atoms with E-state index in [1.807, 2.05) is 0 Å². The first-order valence-electron chi connectivity index (χ1n) is 5.74. The zero-order chi connectivity index (χ0) is 14.9. The summed E-state index contributed by atoms with van der Waals surface area (Å²) in [7, 11) is 0. The summed E-state index contributed by atoms with van der Waals surface area (Å²) in [6, 6.07) is 3.83. The molecular weight excluding hydrogens is 266 g/mol. The van der Waals surface area contributed by atoms with Crippen molar-refractivity contribution < 1.29 is 29.3 Å². The zero-order valence-electron chi connectivity index (χ0n) is 10.8. The van der Waals surface area contributed by atoms with Crippen LogP contribution in [0.4, 0.5) is 5.69 Å². The van der Waals surface area contributed by atoms with Gasteiger partial charge in [-0.1, -0.05) is 0 Å². The molecule has 20 heavy (non-hydrogen) atoms. The minimum Gasteiger partial charge on any atom is -0.508 e. The molecule has 0 amide bonds. The maximum atomic E-state index is 11.6. The van der Waals surface area contributed by atoms with E-state index in [-0.39, 0.29) is 22.8 Å². The van der Waals surface area contributed by atoms with Gasteiger partial charge in [0, 0.05) is 26.1 Å². The second-order valence-electron chi connectivity index (χ2n) is 4.58. The maximum Gasteiger partial charge on any atom is 0.350 e. The van der Waals surface area contributed by atoms with E-state index in [2.05, 4.69) is 5.32 Å². The largest absolute Gasteiger partial charge is 0.508 e. The number of hydrogen-bond donors (Lipinski definition) is 3. The quantitative estimate of drug-likeness (QED) is 0.246. The van der Waals surface area contributed by atoms with Crippen molar-refractivity contribution in [2.75, 3.05) is 5.32 Å². The molecule has 3 N–H and O–H groups in total. The number of benzene rings is 1. The van der Waals surface area contributed by atoms with E-state index in [1.54, 1.807) is 0 Å². The van der Waals surface area contributed by atoms with Gasteiger partial charge in [-0.25, -0.2) is 9.59 Å². The maximum absolute atomic E-state index is 11.6. The Balaban J connectivity index is 2.19. The number of rotatable bonds is 2. The number of ether oxygens (including phenoxy) is 2. The molecule has 0 radical (unpaired) electrons. The molecule has 0 saturated carbocycles. The van der Waals surface area contributed by atoms with Crippen molar-refractivity contribution in [3.8, 4) is 11.5 Å². The molecule has 7 nitrogen and oxygen atoms in total. The summed E-state index contributed by atoms with van der Waals surface area (Å²) in [4.78, 5) is 23.3. The normalized spacial score (nSPS) is 17.2. The third-order valence-corrected chi connectivity index (χ3v) is 2.47. The Morgan fingerprint density at radius 1 is 1.15 bits per heavy atom. The van der Waals surface area contributed by atoms with Crippen LogP contribution in [-0.4, -0.2) is 27.9 Å². The average molecular weight is 279 g/mol. The molecule has 106 valence electrons. The fraction of sp³-hybridized carbons (Fsp3) is 0.231. The first-order valence-corrected chi connectivity index (χ1v) is 5.74. The van der Waals surface area contributed by atoms with E-state index in [9.17, 15) is 14.7 Å². The number of carbonyl (C=O) groups excluding carboxylic acids is 2. The van der Waals surface area contributed by atoms with Crippen LogP contribution < -0.4 is 5.32 Å². The number of aromatic hydroxyl groups is 2. The SMILES string of the molecule is CC1(C)OC(=O)C(=CNc2ccc(O)cc2O)C(=O)O1. The number of phenolic OH excluding ortho intramolecular Hbond substituents is 2. The fourth-order valence-corrected chi connectivity index (χ4v) is 1.57. The predicted molar refractivity (Wildman–Crippen MR) is 67.7 cm³/mol. The van der Waals surface area contributed by atoms with Crippen LogP contribution in [-0.2, 0) is 19.1 Å². The highest BCUT2D eigenvalue weighted by Gasteiger charge is 2.38. The molecule has 0 aliphatic carbocycles. The lowest BCUT2D eigenvalue weighted by Gasteiger charge is -2.29. The Bertz CT molecular complexity index is 583. The van der Waals surface area contributed by atoms with Crippen LogP contribution in [0.1, 0.15) is 13.8 Å². The van der Waals surface area contributed by atoms with Gasteiger partial charge in [0.05, 0.1) is 5.69 Å². The number of esters is 2. The second-order valence-corrected chi connectivity index (χ2v) is 4.58. The highest BCUT2D eigenvalue weighted by molar-refractivity contribution is 6.15. The molecule has 2 rings (SSSR count). The Labute approximate surface area is 114 Å². The molecule has 1 fully saturated rings. The molecule has 1 aliphatic heterocycles. The van der Waals surface area contributed by atoms with Gasteiger partial charge in [0.15, 0.2) is 5.57 Å². The monoisotopic (exact) mass is 279 g/mol. The second kappa shape index (κ2) is 4.76. The van der Waals surface area contributed by atoms with Crippen LogP contribution in [0.25, 0.3) is 0 Å². The highest BCUT2D eigenvalue weighted by Crippen LogP contribution is 2.28. The fourth-order valence-electron chi connectivity index (χ4n) is 1.57. The first-order chi connectivity index (χ1) is 9.28. The van der Waals surface area contributed by atoms with Gasteiger partial charge in [0.1, 0.15) is 11.5 Å². The van der Waals surface area contributed by atoms with Gasteiger partial charge in [-0.05, 0) is 12.1 Å². The van der Waals surface area contributed by atoms with Gasteiger partial charge in [-0.3, -0.25) is 0 Å². The number of cyclic esters (lactones) is 2. The van der Waals surface area contributed by atoms with Crippen molar-refractivity contribution in [3.05, 3.63) is 30.0 Å². The van der Waals surface area contributed by atoms with Crippen LogP contribution in [0.3, 0.4) is 0 Å². The topological polar surface area (TPSA) is 105 Å². The smallest absolute Gasteiger partial charge is 0.350 e. The number of anilines is 1. The minimum atomic E-state index is -1.30. The third kappa shape index (κ3) is 2.82. The third-order valence-electron chi connectivity index (χ3n) is 2.47. The lowest BCUT2D eigenvalue weighted by Crippen LogP contribution is -2.42. The van der Waals surface area contributed by atoms with Crippen LogP contribution in [0.5, 0.6) is 11.5 Å². The van der Waals surface area contributed by atoms with Gasteiger partial charge < -0.3 is 25.0 Å².